The molecule has 0 saturated carbocycles. The molecule has 0 bridgehead atoms. The Balaban J connectivity index is 1.39. The first-order chi connectivity index (χ1) is 15.5. The summed E-state index contributed by atoms with van der Waals surface area (Å²) in [5.41, 5.74) is 4.88. The molecule has 2 N–H and O–H groups in total. The molecule has 162 valence electrons. The lowest BCUT2D eigenvalue weighted by molar-refractivity contribution is -0.122. The fourth-order valence-corrected chi connectivity index (χ4v) is 4.45. The quantitative estimate of drug-likeness (QED) is 0.443. The SMILES string of the molecule is Cc1cc(C=NN=C2NC(=O)C(CC(=O)Nc3ccccc3)S2)c(C)n1-c1ccccc1. The number of hydrogen-bond donors (Lipinski definition) is 2. The lowest BCUT2D eigenvalue weighted by Crippen LogP contribution is -2.28. The Morgan fingerprint density at radius 3 is 2.53 bits per heavy atom. The third-order valence-electron chi connectivity index (χ3n) is 5.03. The highest BCUT2D eigenvalue weighted by molar-refractivity contribution is 8.15. The van der Waals surface area contributed by atoms with Crippen LogP contribution in [0, 0.1) is 13.8 Å². The molecule has 1 unspecified atom stereocenters. The van der Waals surface area contributed by atoms with Crippen molar-refractivity contribution < 1.29 is 9.59 Å². The molecule has 8 heteroatoms. The van der Waals surface area contributed by atoms with Gasteiger partial charge in [-0.05, 0) is 44.2 Å². The van der Waals surface area contributed by atoms with E-state index in [0.717, 1.165) is 22.6 Å². The number of amides is 2. The maximum absolute atomic E-state index is 12.2. The van der Waals surface area contributed by atoms with E-state index in [4.69, 9.17) is 0 Å². The highest BCUT2D eigenvalue weighted by Gasteiger charge is 2.32. The highest BCUT2D eigenvalue weighted by Crippen LogP contribution is 2.23. The number of thioether (sulfide) groups is 1. The number of aromatic nitrogens is 1. The van der Waals surface area contributed by atoms with Crippen LogP contribution >= 0.6 is 11.8 Å². The zero-order valence-corrected chi connectivity index (χ0v) is 18.6. The third kappa shape index (κ3) is 4.97. The van der Waals surface area contributed by atoms with Gasteiger partial charge in [0.1, 0.15) is 5.25 Å². The second kappa shape index (κ2) is 9.65. The largest absolute Gasteiger partial charge is 0.326 e. The van der Waals surface area contributed by atoms with Crippen LogP contribution in [0.25, 0.3) is 5.69 Å². The fraction of sp³-hybridized carbons (Fsp3) is 0.167. The van der Waals surface area contributed by atoms with E-state index in [1.54, 1.807) is 18.3 Å². The van der Waals surface area contributed by atoms with Gasteiger partial charge in [-0.2, -0.15) is 5.10 Å². The molecule has 3 aromatic rings. The van der Waals surface area contributed by atoms with Gasteiger partial charge < -0.3 is 15.2 Å². The molecule has 1 fully saturated rings. The smallest absolute Gasteiger partial charge is 0.240 e. The summed E-state index contributed by atoms with van der Waals surface area (Å²) in [6.45, 7) is 4.07. The highest BCUT2D eigenvalue weighted by atomic mass is 32.2. The number of para-hydroxylation sites is 2. The maximum Gasteiger partial charge on any atom is 0.240 e. The van der Waals surface area contributed by atoms with Crippen molar-refractivity contribution in [3.63, 3.8) is 0 Å². The molecule has 32 heavy (non-hydrogen) atoms. The third-order valence-corrected chi connectivity index (χ3v) is 6.11. The predicted octanol–water partition coefficient (Wildman–Crippen LogP) is 4.04. The summed E-state index contributed by atoms with van der Waals surface area (Å²) >= 11 is 1.21. The van der Waals surface area contributed by atoms with Crippen molar-refractivity contribution in [2.75, 3.05) is 5.32 Å². The van der Waals surface area contributed by atoms with E-state index < -0.39 is 5.25 Å². The molecule has 4 rings (SSSR count). The molecular weight excluding hydrogens is 422 g/mol. The topological polar surface area (TPSA) is 87.8 Å². The molecule has 0 radical (unpaired) electrons. The van der Waals surface area contributed by atoms with Crippen LogP contribution in [0.4, 0.5) is 5.69 Å². The Morgan fingerprint density at radius 2 is 1.81 bits per heavy atom. The van der Waals surface area contributed by atoms with Gasteiger partial charge in [-0.25, -0.2) is 0 Å². The molecule has 2 heterocycles. The molecular formula is C24H23N5O2S. The molecule has 0 spiro atoms. The minimum Gasteiger partial charge on any atom is -0.326 e. The first-order valence-corrected chi connectivity index (χ1v) is 11.1. The van der Waals surface area contributed by atoms with Crippen LogP contribution in [0.1, 0.15) is 23.4 Å². The Bertz CT molecular complexity index is 1190. The lowest BCUT2D eigenvalue weighted by atomic mass is 10.2. The van der Waals surface area contributed by atoms with Crippen LogP contribution in [-0.2, 0) is 9.59 Å². The fourth-order valence-electron chi connectivity index (χ4n) is 3.52. The van der Waals surface area contributed by atoms with E-state index in [2.05, 4.69) is 37.5 Å². The van der Waals surface area contributed by atoms with Crippen molar-refractivity contribution in [1.82, 2.24) is 9.88 Å². The number of hydrogen-bond acceptors (Lipinski definition) is 5. The standard InChI is InChI=1S/C24H23N5O2S/c1-16-13-18(17(2)29(16)20-11-7-4-8-12-20)15-25-28-24-27-23(31)21(32-24)14-22(30)26-19-9-5-3-6-10-19/h3-13,15,21H,14H2,1-2H3,(H,26,30)(H,27,28,31). The number of carbonyl (C=O) groups is 2. The summed E-state index contributed by atoms with van der Waals surface area (Å²) in [5.74, 6) is -0.462. The number of nitrogens with one attached hydrogen (secondary N) is 2. The molecule has 1 aliphatic rings. The Kier molecular flexibility index (Phi) is 6.51. The summed E-state index contributed by atoms with van der Waals surface area (Å²) in [6.07, 6.45) is 1.74. The van der Waals surface area contributed by atoms with Crippen LogP contribution in [-0.4, -0.2) is 33.0 Å². The number of nitrogens with zero attached hydrogens (tertiary/aromatic N) is 3. The monoisotopic (exact) mass is 445 g/mol. The molecule has 1 aromatic heterocycles. The van der Waals surface area contributed by atoms with E-state index in [0.29, 0.717) is 10.9 Å². The van der Waals surface area contributed by atoms with Crippen LogP contribution in [0.15, 0.2) is 76.9 Å². The number of benzene rings is 2. The van der Waals surface area contributed by atoms with Crippen molar-refractivity contribution in [2.45, 2.75) is 25.5 Å². The minimum absolute atomic E-state index is 0.0619. The van der Waals surface area contributed by atoms with E-state index in [-0.39, 0.29) is 18.2 Å². The van der Waals surface area contributed by atoms with E-state index in [1.165, 1.54) is 11.8 Å². The van der Waals surface area contributed by atoms with Crippen LogP contribution < -0.4 is 10.6 Å². The van der Waals surface area contributed by atoms with Gasteiger partial charge in [0, 0.05) is 34.7 Å². The van der Waals surface area contributed by atoms with Gasteiger partial charge in [0.2, 0.25) is 11.8 Å². The summed E-state index contributed by atoms with van der Waals surface area (Å²) in [7, 11) is 0. The number of rotatable bonds is 6. The number of aryl methyl sites for hydroxylation is 1. The summed E-state index contributed by atoms with van der Waals surface area (Å²) < 4.78 is 2.15. The average Bonchev–Trinajstić information content (AvgIpc) is 3.27. The first-order valence-electron chi connectivity index (χ1n) is 10.2. The van der Waals surface area contributed by atoms with Crippen molar-refractivity contribution in [2.24, 2.45) is 10.2 Å². The Hall–Kier alpha value is -3.65. The van der Waals surface area contributed by atoms with Crippen molar-refractivity contribution >= 4 is 40.6 Å². The van der Waals surface area contributed by atoms with Gasteiger partial charge in [0.25, 0.3) is 0 Å². The van der Waals surface area contributed by atoms with Gasteiger partial charge in [-0.15, -0.1) is 5.10 Å². The lowest BCUT2D eigenvalue weighted by Gasteiger charge is -2.08. The molecule has 7 nitrogen and oxygen atoms in total. The van der Waals surface area contributed by atoms with Crippen LogP contribution in [0.2, 0.25) is 0 Å². The van der Waals surface area contributed by atoms with Crippen molar-refractivity contribution in [1.29, 1.82) is 0 Å². The first kappa shape index (κ1) is 21.6. The second-order valence-electron chi connectivity index (χ2n) is 7.36. The average molecular weight is 446 g/mol. The Morgan fingerprint density at radius 1 is 1.12 bits per heavy atom. The van der Waals surface area contributed by atoms with E-state index >= 15 is 0 Å². The number of anilines is 1. The number of amidine groups is 1. The zero-order valence-electron chi connectivity index (χ0n) is 17.8. The second-order valence-corrected chi connectivity index (χ2v) is 8.55. The predicted molar refractivity (Wildman–Crippen MR) is 129 cm³/mol. The zero-order chi connectivity index (χ0) is 22.5. The molecule has 1 saturated heterocycles. The summed E-state index contributed by atoms with van der Waals surface area (Å²) in [5, 5.41) is 13.6. The van der Waals surface area contributed by atoms with Gasteiger partial charge in [0.05, 0.1) is 6.21 Å². The van der Waals surface area contributed by atoms with Crippen molar-refractivity contribution in [3.8, 4) is 5.69 Å². The molecule has 1 aliphatic heterocycles. The maximum atomic E-state index is 12.2. The van der Waals surface area contributed by atoms with Gasteiger partial charge >= 0.3 is 0 Å². The molecule has 0 aliphatic carbocycles. The molecule has 2 aromatic carbocycles. The van der Waals surface area contributed by atoms with Crippen LogP contribution in [0.3, 0.4) is 0 Å². The Labute approximate surface area is 190 Å². The summed E-state index contributed by atoms with van der Waals surface area (Å²) in [4.78, 5) is 24.4. The van der Waals surface area contributed by atoms with E-state index in [1.807, 2.05) is 56.3 Å². The molecule has 2 amide bonds. The number of carbonyl (C=O) groups excluding carboxylic acids is 2. The summed E-state index contributed by atoms with van der Waals surface area (Å²) in [6, 6.07) is 21.3. The minimum atomic E-state index is -0.532. The van der Waals surface area contributed by atoms with Crippen molar-refractivity contribution in [3.05, 3.63) is 83.7 Å². The molecule has 1 atom stereocenters. The van der Waals surface area contributed by atoms with Gasteiger partial charge in [0.15, 0.2) is 5.17 Å². The van der Waals surface area contributed by atoms with Crippen LogP contribution in [0.5, 0.6) is 0 Å². The normalized spacial score (nSPS) is 17.1. The van der Waals surface area contributed by atoms with Gasteiger partial charge in [-0.1, -0.05) is 48.2 Å². The van der Waals surface area contributed by atoms with E-state index in [9.17, 15) is 9.59 Å². The van der Waals surface area contributed by atoms with Gasteiger partial charge in [-0.3, -0.25) is 9.59 Å².